The standard InChI is InChI=1S/C28H38N2O2/c1-20(27-8-4-5-16-29-27)32-25-12-9-21(10-13-25)18-28-26-14-11-24(31)19-22(26)15-17-30(28)23-6-2-3-7-23/h9-14,19-20,23,27-29,31H,2-8,15-18H2,1H3. The second kappa shape index (κ2) is 9.84. The van der Waals surface area contributed by atoms with E-state index in [1.54, 1.807) is 0 Å². The number of rotatable bonds is 6. The maximum atomic E-state index is 10.0. The predicted octanol–water partition coefficient (Wildman–Crippen LogP) is 5.39. The zero-order chi connectivity index (χ0) is 21.9. The van der Waals surface area contributed by atoms with Gasteiger partial charge in [0.05, 0.1) is 0 Å². The fraction of sp³-hybridized carbons (Fsp3) is 0.571. The fourth-order valence-corrected chi connectivity index (χ4v) is 6.12. The molecule has 0 spiro atoms. The molecule has 0 bridgehead atoms. The Balaban J connectivity index is 1.30. The molecule has 2 N–H and O–H groups in total. The van der Waals surface area contributed by atoms with Gasteiger partial charge in [0.2, 0.25) is 0 Å². The van der Waals surface area contributed by atoms with Gasteiger partial charge in [-0.3, -0.25) is 4.90 Å². The number of phenols is 1. The molecule has 0 aromatic heterocycles. The van der Waals surface area contributed by atoms with Crippen LogP contribution < -0.4 is 10.1 Å². The van der Waals surface area contributed by atoms with Crippen LogP contribution in [0.2, 0.25) is 0 Å². The number of phenolic OH excluding ortho intramolecular Hbond substituents is 1. The van der Waals surface area contributed by atoms with Crippen molar-refractivity contribution in [2.45, 2.75) is 88.9 Å². The van der Waals surface area contributed by atoms with Crippen molar-refractivity contribution in [3.63, 3.8) is 0 Å². The largest absolute Gasteiger partial charge is 0.508 e. The van der Waals surface area contributed by atoms with Gasteiger partial charge in [0.1, 0.15) is 17.6 Å². The van der Waals surface area contributed by atoms with Crippen molar-refractivity contribution in [2.75, 3.05) is 13.1 Å². The molecule has 3 aliphatic rings. The third kappa shape index (κ3) is 4.82. The molecule has 0 radical (unpaired) electrons. The highest BCUT2D eigenvalue weighted by Gasteiger charge is 2.33. The van der Waals surface area contributed by atoms with Crippen LogP contribution in [0.4, 0.5) is 0 Å². The second-order valence-electron chi connectivity index (χ2n) is 10.1. The number of benzene rings is 2. The summed E-state index contributed by atoms with van der Waals surface area (Å²) in [5.74, 6) is 1.36. The van der Waals surface area contributed by atoms with E-state index in [4.69, 9.17) is 4.74 Å². The average Bonchev–Trinajstić information content (AvgIpc) is 3.35. The van der Waals surface area contributed by atoms with Crippen LogP contribution in [-0.4, -0.2) is 41.3 Å². The van der Waals surface area contributed by atoms with E-state index in [9.17, 15) is 5.11 Å². The van der Waals surface area contributed by atoms with Gasteiger partial charge in [-0.05, 0) is 92.9 Å². The van der Waals surface area contributed by atoms with Gasteiger partial charge in [-0.15, -0.1) is 0 Å². The van der Waals surface area contributed by atoms with Crippen molar-refractivity contribution in [1.29, 1.82) is 0 Å². The van der Waals surface area contributed by atoms with E-state index in [0.29, 0.717) is 23.9 Å². The number of ether oxygens (including phenoxy) is 1. The molecule has 1 aliphatic carbocycles. The number of hydrogen-bond acceptors (Lipinski definition) is 4. The Morgan fingerprint density at radius 3 is 2.56 bits per heavy atom. The van der Waals surface area contributed by atoms with Crippen LogP contribution in [-0.2, 0) is 12.8 Å². The summed E-state index contributed by atoms with van der Waals surface area (Å²) in [6, 6.07) is 16.3. The molecule has 2 aromatic rings. The Kier molecular flexibility index (Phi) is 6.70. The molecule has 0 amide bonds. The number of hydrogen-bond donors (Lipinski definition) is 2. The summed E-state index contributed by atoms with van der Waals surface area (Å²) in [6.45, 7) is 4.39. The average molecular weight is 435 g/mol. The summed E-state index contributed by atoms with van der Waals surface area (Å²) in [5, 5.41) is 13.6. The SMILES string of the molecule is CC(Oc1ccc(CC2c3ccc(O)cc3CCN2C2CCCC2)cc1)C1CCCCN1. The minimum absolute atomic E-state index is 0.192. The first kappa shape index (κ1) is 21.8. The van der Waals surface area contributed by atoms with Gasteiger partial charge in [-0.2, -0.15) is 0 Å². The molecule has 2 fully saturated rings. The zero-order valence-electron chi connectivity index (χ0n) is 19.4. The zero-order valence-corrected chi connectivity index (χ0v) is 19.4. The van der Waals surface area contributed by atoms with E-state index in [0.717, 1.165) is 31.7 Å². The quantitative estimate of drug-likeness (QED) is 0.640. The molecule has 1 saturated carbocycles. The smallest absolute Gasteiger partial charge is 0.119 e. The Bertz CT molecular complexity index is 885. The molecular formula is C28H38N2O2. The topological polar surface area (TPSA) is 44.7 Å². The van der Waals surface area contributed by atoms with Gasteiger partial charge in [-0.1, -0.05) is 37.5 Å². The van der Waals surface area contributed by atoms with Crippen LogP contribution in [0, 0.1) is 0 Å². The van der Waals surface area contributed by atoms with Crippen LogP contribution in [0.5, 0.6) is 11.5 Å². The van der Waals surface area contributed by atoms with E-state index >= 15 is 0 Å². The van der Waals surface area contributed by atoms with Crippen molar-refractivity contribution in [3.8, 4) is 11.5 Å². The maximum absolute atomic E-state index is 10.0. The molecular weight excluding hydrogens is 396 g/mol. The number of aromatic hydroxyl groups is 1. The highest BCUT2D eigenvalue weighted by Crippen LogP contribution is 2.39. The maximum Gasteiger partial charge on any atom is 0.119 e. The molecule has 4 heteroatoms. The number of nitrogens with one attached hydrogen (secondary N) is 1. The van der Waals surface area contributed by atoms with E-state index in [1.165, 1.54) is 61.6 Å². The lowest BCUT2D eigenvalue weighted by atomic mass is 9.87. The van der Waals surface area contributed by atoms with E-state index in [2.05, 4.69) is 47.5 Å². The minimum Gasteiger partial charge on any atom is -0.508 e. The summed E-state index contributed by atoms with van der Waals surface area (Å²) in [6.07, 6.45) is 11.4. The number of nitrogens with zero attached hydrogens (tertiary/aromatic N) is 1. The van der Waals surface area contributed by atoms with E-state index in [-0.39, 0.29) is 6.10 Å². The Morgan fingerprint density at radius 1 is 1.03 bits per heavy atom. The van der Waals surface area contributed by atoms with E-state index < -0.39 is 0 Å². The van der Waals surface area contributed by atoms with Gasteiger partial charge in [0.25, 0.3) is 0 Å². The van der Waals surface area contributed by atoms with Gasteiger partial charge < -0.3 is 15.2 Å². The van der Waals surface area contributed by atoms with Crippen LogP contribution in [0.1, 0.15) is 74.6 Å². The minimum atomic E-state index is 0.192. The Labute approximate surface area is 193 Å². The second-order valence-corrected chi connectivity index (χ2v) is 10.1. The normalized spacial score (nSPS) is 25.4. The molecule has 172 valence electrons. The lowest BCUT2D eigenvalue weighted by molar-refractivity contribution is 0.124. The van der Waals surface area contributed by atoms with Crippen LogP contribution in [0.15, 0.2) is 42.5 Å². The summed E-state index contributed by atoms with van der Waals surface area (Å²) in [5.41, 5.74) is 4.07. The van der Waals surface area contributed by atoms with Gasteiger partial charge in [0.15, 0.2) is 0 Å². The van der Waals surface area contributed by atoms with E-state index in [1.807, 2.05) is 12.1 Å². The first-order valence-corrected chi connectivity index (χ1v) is 12.7. The lowest BCUT2D eigenvalue weighted by Gasteiger charge is -2.41. The van der Waals surface area contributed by atoms with Gasteiger partial charge in [-0.25, -0.2) is 0 Å². The molecule has 4 nitrogen and oxygen atoms in total. The molecule has 2 aromatic carbocycles. The first-order valence-electron chi connectivity index (χ1n) is 12.7. The molecule has 32 heavy (non-hydrogen) atoms. The van der Waals surface area contributed by atoms with Crippen LogP contribution in [0.25, 0.3) is 0 Å². The number of piperidine rings is 1. The molecule has 2 heterocycles. The Morgan fingerprint density at radius 2 is 1.81 bits per heavy atom. The van der Waals surface area contributed by atoms with Gasteiger partial charge in [0, 0.05) is 24.7 Å². The highest BCUT2D eigenvalue weighted by molar-refractivity contribution is 5.40. The lowest BCUT2D eigenvalue weighted by Crippen LogP contribution is -2.44. The summed E-state index contributed by atoms with van der Waals surface area (Å²) < 4.78 is 6.27. The van der Waals surface area contributed by atoms with Crippen molar-refractivity contribution < 1.29 is 9.84 Å². The summed E-state index contributed by atoms with van der Waals surface area (Å²) >= 11 is 0. The highest BCUT2D eigenvalue weighted by atomic mass is 16.5. The van der Waals surface area contributed by atoms with Crippen molar-refractivity contribution >= 4 is 0 Å². The first-order chi connectivity index (χ1) is 15.7. The van der Waals surface area contributed by atoms with Gasteiger partial charge >= 0.3 is 0 Å². The summed E-state index contributed by atoms with van der Waals surface area (Å²) in [4.78, 5) is 2.76. The van der Waals surface area contributed by atoms with Crippen LogP contribution in [0.3, 0.4) is 0 Å². The predicted molar refractivity (Wildman–Crippen MR) is 129 cm³/mol. The van der Waals surface area contributed by atoms with Crippen molar-refractivity contribution in [1.82, 2.24) is 10.2 Å². The molecule has 3 atom stereocenters. The monoisotopic (exact) mass is 434 g/mol. The summed E-state index contributed by atoms with van der Waals surface area (Å²) in [7, 11) is 0. The third-order valence-corrected chi connectivity index (χ3v) is 7.91. The fourth-order valence-electron chi connectivity index (χ4n) is 6.12. The molecule has 2 aliphatic heterocycles. The molecule has 5 rings (SSSR count). The molecule has 1 saturated heterocycles. The van der Waals surface area contributed by atoms with Crippen LogP contribution >= 0.6 is 0 Å². The van der Waals surface area contributed by atoms with Crippen molar-refractivity contribution in [3.05, 3.63) is 59.2 Å². The third-order valence-electron chi connectivity index (χ3n) is 7.91. The number of fused-ring (bicyclic) bond motifs is 1. The van der Waals surface area contributed by atoms with Crippen molar-refractivity contribution in [2.24, 2.45) is 0 Å². The Hall–Kier alpha value is -2.04. The molecule has 3 unspecified atom stereocenters.